The Morgan fingerprint density at radius 1 is 0.966 bits per heavy atom. The van der Waals surface area contributed by atoms with Crippen LogP contribution >= 0.6 is 11.6 Å². The van der Waals surface area contributed by atoms with Crippen LogP contribution < -0.4 is 0 Å². The van der Waals surface area contributed by atoms with Gasteiger partial charge in [0.05, 0.1) is 22.3 Å². The number of carbonyl (C=O) groups is 1. The van der Waals surface area contributed by atoms with E-state index in [9.17, 15) is 18.7 Å². The zero-order valence-corrected chi connectivity index (χ0v) is 15.9. The number of Topliss-reactive ketones (excluding diaryl/α,β-unsaturated/α-hetero) is 1. The van der Waals surface area contributed by atoms with Gasteiger partial charge in [0.1, 0.15) is 28.6 Å². The fourth-order valence-electron chi connectivity index (χ4n) is 4.01. The van der Waals surface area contributed by atoms with Crippen LogP contribution in [0.15, 0.2) is 46.9 Å². The number of aryl methyl sites for hydroxylation is 1. The quantitative estimate of drug-likeness (QED) is 0.411. The van der Waals surface area contributed by atoms with E-state index in [4.69, 9.17) is 16.0 Å². The lowest BCUT2D eigenvalue weighted by atomic mass is 9.91. The van der Waals surface area contributed by atoms with Gasteiger partial charge in [-0.1, -0.05) is 30.7 Å². The van der Waals surface area contributed by atoms with E-state index in [1.165, 1.54) is 6.07 Å². The maximum Gasteiger partial charge on any atom is 0.202 e. The summed E-state index contributed by atoms with van der Waals surface area (Å²) in [6.45, 7) is 1.90. The molecule has 3 nitrogen and oxygen atoms in total. The van der Waals surface area contributed by atoms with Crippen molar-refractivity contribution in [3.05, 3.63) is 81.4 Å². The summed E-state index contributed by atoms with van der Waals surface area (Å²) in [5.74, 6) is -2.15. The van der Waals surface area contributed by atoms with Crippen LogP contribution in [0.1, 0.15) is 34.0 Å². The van der Waals surface area contributed by atoms with Gasteiger partial charge in [-0.15, -0.1) is 0 Å². The Kier molecular flexibility index (Phi) is 3.80. The van der Waals surface area contributed by atoms with Crippen LogP contribution in [0.3, 0.4) is 0 Å². The number of aliphatic hydroxyl groups is 1. The number of aliphatic hydroxyl groups excluding tert-OH is 1. The molecule has 144 valence electrons. The van der Waals surface area contributed by atoms with Crippen LogP contribution in [0, 0.1) is 11.6 Å². The fraction of sp³-hybridized carbons (Fsp3) is 0.0870. The van der Waals surface area contributed by atoms with Crippen LogP contribution in [-0.2, 0) is 6.42 Å². The lowest BCUT2D eigenvalue weighted by molar-refractivity contribution is 0.106. The standard InChI is InChI=1S/C23H13ClF2O3/c1-2-10-3-4-11(18-14(25)8-12(24)9-15(18)26)7-13(10)19-22(27)20-16-5-6-17(29-16)21(20)23(19)28/h3-9,27H,2H2,1H3. The van der Waals surface area contributed by atoms with Gasteiger partial charge < -0.3 is 9.52 Å². The smallest absolute Gasteiger partial charge is 0.202 e. The molecule has 0 saturated carbocycles. The number of benzene rings is 3. The molecule has 0 spiro atoms. The number of hydrogen-bond donors (Lipinski definition) is 1. The Hall–Kier alpha value is -3.18. The Labute approximate surface area is 169 Å². The minimum atomic E-state index is -0.802. The molecule has 1 aliphatic carbocycles. The molecule has 5 rings (SSSR count). The van der Waals surface area contributed by atoms with Crippen molar-refractivity contribution < 1.29 is 23.1 Å². The molecular formula is C23H13ClF2O3. The highest BCUT2D eigenvalue weighted by atomic mass is 35.5. The summed E-state index contributed by atoms with van der Waals surface area (Å²) in [5.41, 5.74) is 2.88. The molecule has 0 atom stereocenters. The number of carbonyl (C=O) groups excluding carboxylic acids is 1. The zero-order valence-electron chi connectivity index (χ0n) is 15.1. The predicted octanol–water partition coefficient (Wildman–Crippen LogP) is 6.65. The Morgan fingerprint density at radius 3 is 2.24 bits per heavy atom. The lowest BCUT2D eigenvalue weighted by Gasteiger charge is -2.13. The third kappa shape index (κ3) is 2.44. The minimum absolute atomic E-state index is 0.0434. The molecule has 6 heteroatoms. The molecule has 0 amide bonds. The number of fused-ring (bicyclic) bond motifs is 5. The lowest BCUT2D eigenvalue weighted by Crippen LogP contribution is -2.03. The molecule has 4 aromatic rings. The number of rotatable bonds is 3. The molecule has 0 aliphatic heterocycles. The molecular weight excluding hydrogens is 398 g/mol. The molecule has 1 N–H and O–H groups in total. The van der Waals surface area contributed by atoms with Crippen molar-refractivity contribution in [3.8, 4) is 11.1 Å². The molecule has 0 radical (unpaired) electrons. The van der Waals surface area contributed by atoms with E-state index in [1.807, 2.05) is 6.92 Å². The topological polar surface area (TPSA) is 50.4 Å². The first-order chi connectivity index (χ1) is 13.9. The number of hydrogen-bond acceptors (Lipinski definition) is 3. The van der Waals surface area contributed by atoms with Gasteiger partial charge in [0.25, 0.3) is 0 Å². The summed E-state index contributed by atoms with van der Waals surface area (Å²) in [6, 6.07) is 10.3. The van der Waals surface area contributed by atoms with E-state index in [0.29, 0.717) is 34.3 Å². The Bertz CT molecular complexity index is 1330. The summed E-state index contributed by atoms with van der Waals surface area (Å²) >= 11 is 5.73. The first-order valence-corrected chi connectivity index (χ1v) is 9.39. The highest BCUT2D eigenvalue weighted by molar-refractivity contribution is 6.42. The van der Waals surface area contributed by atoms with Crippen molar-refractivity contribution in [2.75, 3.05) is 0 Å². The Balaban J connectivity index is 1.74. The van der Waals surface area contributed by atoms with Crippen molar-refractivity contribution in [3.63, 3.8) is 0 Å². The molecule has 2 heterocycles. The predicted molar refractivity (Wildman–Crippen MR) is 107 cm³/mol. The second kappa shape index (κ2) is 6.16. The number of allylic oxidation sites excluding steroid dienone is 1. The van der Waals surface area contributed by atoms with Crippen molar-refractivity contribution >= 4 is 39.9 Å². The summed E-state index contributed by atoms with van der Waals surface area (Å²) in [7, 11) is 0. The molecule has 2 aromatic carbocycles. The molecule has 2 aromatic heterocycles. The average molecular weight is 411 g/mol. The monoisotopic (exact) mass is 410 g/mol. The third-order valence-electron chi connectivity index (χ3n) is 5.33. The van der Waals surface area contributed by atoms with Crippen molar-refractivity contribution in [2.24, 2.45) is 0 Å². The van der Waals surface area contributed by atoms with Crippen molar-refractivity contribution in [2.45, 2.75) is 13.3 Å². The first kappa shape index (κ1) is 17.9. The van der Waals surface area contributed by atoms with E-state index < -0.39 is 11.6 Å². The highest BCUT2D eigenvalue weighted by Gasteiger charge is 2.38. The fourth-order valence-corrected chi connectivity index (χ4v) is 4.20. The van der Waals surface area contributed by atoms with Crippen molar-refractivity contribution in [1.82, 2.24) is 0 Å². The highest BCUT2D eigenvalue weighted by Crippen LogP contribution is 2.45. The van der Waals surface area contributed by atoms with E-state index in [1.54, 1.807) is 24.3 Å². The van der Waals surface area contributed by atoms with Gasteiger partial charge in [-0.05, 0) is 53.4 Å². The first-order valence-electron chi connectivity index (χ1n) is 9.02. The van der Waals surface area contributed by atoms with Crippen LogP contribution in [0.2, 0.25) is 5.02 Å². The molecule has 0 saturated heterocycles. The minimum Gasteiger partial charge on any atom is -0.506 e. The van der Waals surface area contributed by atoms with Gasteiger partial charge in [-0.2, -0.15) is 0 Å². The van der Waals surface area contributed by atoms with Gasteiger partial charge >= 0.3 is 0 Å². The van der Waals surface area contributed by atoms with Crippen LogP contribution in [0.5, 0.6) is 0 Å². The van der Waals surface area contributed by atoms with Crippen molar-refractivity contribution in [1.29, 1.82) is 0 Å². The SMILES string of the molecule is CCc1ccc(-c2c(F)cc(Cl)cc2F)cc1C1=C(O)c2c(c3ccc2o3)C1=O. The second-order valence-electron chi connectivity index (χ2n) is 6.94. The Morgan fingerprint density at radius 2 is 1.62 bits per heavy atom. The average Bonchev–Trinajstić information content (AvgIpc) is 3.35. The molecule has 0 unspecified atom stereocenters. The second-order valence-corrected chi connectivity index (χ2v) is 7.37. The van der Waals surface area contributed by atoms with E-state index in [2.05, 4.69) is 0 Å². The van der Waals surface area contributed by atoms with Crippen LogP contribution in [0.4, 0.5) is 8.78 Å². The summed E-state index contributed by atoms with van der Waals surface area (Å²) in [4.78, 5) is 13.1. The van der Waals surface area contributed by atoms with Gasteiger partial charge in [-0.25, -0.2) is 8.78 Å². The van der Waals surface area contributed by atoms with E-state index in [-0.39, 0.29) is 33.3 Å². The number of furan rings is 2. The third-order valence-corrected chi connectivity index (χ3v) is 5.55. The normalized spacial score (nSPS) is 13.7. The zero-order chi connectivity index (χ0) is 20.4. The van der Waals surface area contributed by atoms with E-state index in [0.717, 1.165) is 17.7 Å². The molecule has 0 fully saturated rings. The van der Waals surface area contributed by atoms with Gasteiger partial charge in [0, 0.05) is 5.02 Å². The van der Waals surface area contributed by atoms with Crippen LogP contribution in [-0.4, -0.2) is 10.9 Å². The molecule has 2 bridgehead atoms. The maximum atomic E-state index is 14.4. The van der Waals surface area contributed by atoms with E-state index >= 15 is 0 Å². The van der Waals surface area contributed by atoms with Gasteiger partial charge in [-0.3, -0.25) is 4.79 Å². The van der Waals surface area contributed by atoms with Gasteiger partial charge in [0.2, 0.25) is 5.78 Å². The molecule has 29 heavy (non-hydrogen) atoms. The van der Waals surface area contributed by atoms with Crippen LogP contribution in [0.25, 0.3) is 33.6 Å². The summed E-state index contributed by atoms with van der Waals surface area (Å²) in [6.07, 6.45) is 0.567. The number of ketones is 1. The molecule has 1 aliphatic rings. The van der Waals surface area contributed by atoms with Gasteiger partial charge in [0.15, 0.2) is 0 Å². The number of halogens is 3. The largest absolute Gasteiger partial charge is 0.506 e. The maximum absolute atomic E-state index is 14.4. The summed E-state index contributed by atoms with van der Waals surface area (Å²) < 4.78 is 34.4. The summed E-state index contributed by atoms with van der Waals surface area (Å²) in [5, 5.41) is 10.8.